The number of benzene rings is 1. The number of rotatable bonds is 7. The Morgan fingerprint density at radius 2 is 1.90 bits per heavy atom. The second-order valence-corrected chi connectivity index (χ2v) is 16.2. The SMILES string of the molecule is COc1ccc(F)cc1[C@H]1C[C@H](F)CN1c1ccc2ncc(-c3nccc(CO[Si](C)(C)C(C)(C)C)n3)n2n1. The second-order valence-electron chi connectivity index (χ2n) is 11.4. The fraction of sp³-hybridized carbons (Fsp3) is 0.429. The summed E-state index contributed by atoms with van der Waals surface area (Å²) in [6.07, 6.45) is 2.49. The number of hydrogen-bond acceptors (Lipinski definition) is 7. The lowest BCUT2D eigenvalue weighted by atomic mass is 10.0. The maximum absolute atomic E-state index is 14.8. The van der Waals surface area contributed by atoms with Crippen molar-refractivity contribution in [1.82, 2.24) is 24.6 Å². The van der Waals surface area contributed by atoms with Crippen molar-refractivity contribution < 1.29 is 17.9 Å². The topological polar surface area (TPSA) is 77.7 Å². The lowest BCUT2D eigenvalue weighted by molar-refractivity contribution is 0.272. The summed E-state index contributed by atoms with van der Waals surface area (Å²) in [7, 11) is -0.423. The summed E-state index contributed by atoms with van der Waals surface area (Å²) in [5.41, 5.74) is 2.57. The van der Waals surface area contributed by atoms with Crippen molar-refractivity contribution in [3.8, 4) is 17.3 Å². The van der Waals surface area contributed by atoms with Crippen LogP contribution in [0, 0.1) is 5.82 Å². The van der Waals surface area contributed by atoms with Gasteiger partial charge < -0.3 is 14.1 Å². The number of anilines is 1. The van der Waals surface area contributed by atoms with Crippen LogP contribution in [0.5, 0.6) is 5.75 Å². The lowest BCUT2D eigenvalue weighted by Crippen LogP contribution is -2.40. The molecule has 0 amide bonds. The maximum atomic E-state index is 14.8. The van der Waals surface area contributed by atoms with Crippen LogP contribution in [-0.2, 0) is 11.0 Å². The first-order chi connectivity index (χ1) is 18.5. The first-order valence-corrected chi connectivity index (χ1v) is 15.9. The van der Waals surface area contributed by atoms with Gasteiger partial charge in [0.1, 0.15) is 29.3 Å². The van der Waals surface area contributed by atoms with E-state index in [4.69, 9.17) is 19.2 Å². The van der Waals surface area contributed by atoms with Crippen LogP contribution in [0.4, 0.5) is 14.6 Å². The number of alkyl halides is 1. The van der Waals surface area contributed by atoms with Gasteiger partial charge in [0.05, 0.1) is 38.2 Å². The molecule has 0 aliphatic carbocycles. The highest BCUT2D eigenvalue weighted by molar-refractivity contribution is 6.74. The average Bonchev–Trinajstić information content (AvgIpc) is 3.50. The zero-order valence-corrected chi connectivity index (χ0v) is 24.2. The number of imidazole rings is 1. The van der Waals surface area contributed by atoms with Gasteiger partial charge in [-0.2, -0.15) is 0 Å². The van der Waals surface area contributed by atoms with Crippen LogP contribution in [0.15, 0.2) is 48.8 Å². The molecule has 11 heteroatoms. The molecule has 1 aliphatic rings. The summed E-state index contributed by atoms with van der Waals surface area (Å²) in [5, 5.41) is 4.89. The Bertz CT molecular complexity index is 1490. The van der Waals surface area contributed by atoms with Crippen molar-refractivity contribution in [2.45, 2.75) is 64.1 Å². The van der Waals surface area contributed by atoms with E-state index in [0.29, 0.717) is 40.9 Å². The minimum Gasteiger partial charge on any atom is -0.496 e. The molecule has 206 valence electrons. The third kappa shape index (κ3) is 5.37. The molecule has 2 atom stereocenters. The number of halogens is 2. The third-order valence-electron chi connectivity index (χ3n) is 7.77. The van der Waals surface area contributed by atoms with Crippen molar-refractivity contribution in [2.24, 2.45) is 0 Å². The van der Waals surface area contributed by atoms with Crippen LogP contribution in [0.3, 0.4) is 0 Å². The molecular weight excluding hydrogens is 518 g/mol. The lowest BCUT2D eigenvalue weighted by Gasteiger charge is -2.36. The van der Waals surface area contributed by atoms with E-state index in [-0.39, 0.29) is 18.0 Å². The van der Waals surface area contributed by atoms with E-state index in [9.17, 15) is 8.78 Å². The summed E-state index contributed by atoms with van der Waals surface area (Å²) in [6.45, 7) is 11.5. The number of methoxy groups -OCH3 is 1. The smallest absolute Gasteiger partial charge is 0.192 e. The predicted octanol–water partition coefficient (Wildman–Crippen LogP) is 6.15. The first-order valence-electron chi connectivity index (χ1n) is 13.0. The Morgan fingerprint density at radius 3 is 2.64 bits per heavy atom. The summed E-state index contributed by atoms with van der Waals surface area (Å²) >= 11 is 0. The van der Waals surface area contributed by atoms with Crippen LogP contribution in [-0.4, -0.2) is 52.7 Å². The third-order valence-corrected chi connectivity index (χ3v) is 12.3. The number of aromatic nitrogens is 5. The van der Waals surface area contributed by atoms with Gasteiger partial charge in [-0.25, -0.2) is 28.2 Å². The van der Waals surface area contributed by atoms with Crippen LogP contribution in [0.25, 0.3) is 17.2 Å². The van der Waals surface area contributed by atoms with E-state index >= 15 is 0 Å². The van der Waals surface area contributed by atoms with Gasteiger partial charge in [0.25, 0.3) is 0 Å². The number of nitrogens with zero attached hydrogens (tertiary/aromatic N) is 6. The quantitative estimate of drug-likeness (QED) is 0.255. The predicted molar refractivity (Wildman–Crippen MR) is 149 cm³/mol. The molecular formula is C28H34F2N6O2Si. The zero-order valence-electron chi connectivity index (χ0n) is 23.2. The average molecular weight is 553 g/mol. The van der Waals surface area contributed by atoms with Crippen LogP contribution >= 0.6 is 0 Å². The van der Waals surface area contributed by atoms with Crippen LogP contribution in [0.2, 0.25) is 18.1 Å². The molecule has 8 nitrogen and oxygen atoms in total. The molecule has 0 saturated carbocycles. The van der Waals surface area contributed by atoms with Crippen molar-refractivity contribution in [1.29, 1.82) is 0 Å². The molecule has 0 bridgehead atoms. The van der Waals surface area contributed by atoms with Gasteiger partial charge in [0.2, 0.25) is 0 Å². The zero-order chi connectivity index (χ0) is 27.9. The normalized spacial score (nSPS) is 18.2. The molecule has 3 aromatic heterocycles. The molecule has 4 aromatic rings. The minimum absolute atomic E-state index is 0.0897. The number of hydrogen-bond donors (Lipinski definition) is 0. The summed E-state index contributed by atoms with van der Waals surface area (Å²) < 4.78 is 42.4. The van der Waals surface area contributed by atoms with Gasteiger partial charge in [0.15, 0.2) is 19.8 Å². The Labute approximate surface area is 228 Å². The van der Waals surface area contributed by atoms with Gasteiger partial charge in [-0.15, -0.1) is 5.10 Å². The number of ether oxygens (including phenoxy) is 1. The largest absolute Gasteiger partial charge is 0.496 e. The van der Waals surface area contributed by atoms with Crippen LogP contribution < -0.4 is 9.64 Å². The van der Waals surface area contributed by atoms with E-state index in [2.05, 4.69) is 43.8 Å². The molecule has 1 fully saturated rings. The molecule has 1 aliphatic heterocycles. The van der Waals surface area contributed by atoms with Gasteiger partial charge in [0, 0.05) is 18.2 Å². The monoisotopic (exact) mass is 552 g/mol. The van der Waals surface area contributed by atoms with E-state index in [1.54, 1.807) is 29.0 Å². The molecule has 1 saturated heterocycles. The van der Waals surface area contributed by atoms with E-state index in [1.165, 1.54) is 19.2 Å². The Kier molecular flexibility index (Phi) is 7.15. The van der Waals surface area contributed by atoms with E-state index in [0.717, 1.165) is 5.69 Å². The molecule has 0 unspecified atom stereocenters. The van der Waals surface area contributed by atoms with E-state index in [1.807, 2.05) is 17.0 Å². The van der Waals surface area contributed by atoms with Gasteiger partial charge in [-0.05, 0) is 54.5 Å². The Morgan fingerprint density at radius 1 is 1.10 bits per heavy atom. The maximum Gasteiger partial charge on any atom is 0.192 e. The van der Waals surface area contributed by atoms with Gasteiger partial charge >= 0.3 is 0 Å². The highest BCUT2D eigenvalue weighted by Gasteiger charge is 2.38. The van der Waals surface area contributed by atoms with Crippen molar-refractivity contribution >= 4 is 19.8 Å². The molecule has 0 radical (unpaired) electrons. The molecule has 0 spiro atoms. The second kappa shape index (κ2) is 10.3. The van der Waals surface area contributed by atoms with E-state index < -0.39 is 26.3 Å². The first kappa shape index (κ1) is 27.1. The Balaban J connectivity index is 1.47. The van der Waals surface area contributed by atoms with Crippen molar-refractivity contribution in [3.05, 3.63) is 65.9 Å². The molecule has 5 rings (SSSR count). The molecule has 39 heavy (non-hydrogen) atoms. The summed E-state index contributed by atoms with van der Waals surface area (Å²) in [6, 6.07) is 9.34. The standard InChI is InChI=1S/C28H34F2N6O2Si/c1-28(2,3)39(5,6)38-17-20-11-12-31-27(33-20)23-15-32-25-9-10-26(34-36(23)25)35-16-19(30)14-22(35)21-13-18(29)7-8-24(21)37-4/h7-13,15,19,22H,14,16-17H2,1-6H3/t19-,22+/m0/s1. The highest BCUT2D eigenvalue weighted by atomic mass is 28.4. The summed E-state index contributed by atoms with van der Waals surface area (Å²) in [5.74, 6) is 1.12. The van der Waals surface area contributed by atoms with Gasteiger partial charge in [-0.1, -0.05) is 20.8 Å². The van der Waals surface area contributed by atoms with Crippen molar-refractivity contribution in [3.63, 3.8) is 0 Å². The fourth-order valence-corrected chi connectivity index (χ4v) is 5.48. The van der Waals surface area contributed by atoms with Crippen molar-refractivity contribution in [2.75, 3.05) is 18.6 Å². The molecule has 1 aromatic carbocycles. The molecule has 4 heterocycles. The highest BCUT2D eigenvalue weighted by Crippen LogP contribution is 2.41. The molecule has 0 N–H and O–H groups in total. The fourth-order valence-electron chi connectivity index (χ4n) is 4.54. The van der Waals surface area contributed by atoms with Gasteiger partial charge in [-0.3, -0.25) is 0 Å². The van der Waals surface area contributed by atoms with Crippen LogP contribution in [0.1, 0.15) is 44.5 Å². The number of fused-ring (bicyclic) bond motifs is 1. The Hall–Kier alpha value is -3.44. The summed E-state index contributed by atoms with van der Waals surface area (Å²) in [4.78, 5) is 15.5. The minimum atomic E-state index is -1.95.